The van der Waals surface area contributed by atoms with Crippen molar-refractivity contribution in [1.29, 1.82) is 0 Å². The van der Waals surface area contributed by atoms with E-state index in [0.717, 1.165) is 5.56 Å². The minimum absolute atomic E-state index is 0.0259. The highest BCUT2D eigenvalue weighted by Crippen LogP contribution is 2.08. The van der Waals surface area contributed by atoms with E-state index in [9.17, 15) is 19.2 Å². The van der Waals surface area contributed by atoms with Crippen molar-refractivity contribution >= 4 is 23.9 Å². The number of hydrogen-bond acceptors (Lipinski definition) is 6. The number of nitrogens with two attached hydrogens (primary N) is 1. The van der Waals surface area contributed by atoms with Gasteiger partial charge in [-0.05, 0) is 33.3 Å². The van der Waals surface area contributed by atoms with Crippen LogP contribution in [0.5, 0.6) is 0 Å². The molecular formula is C19H27N3O6. The average molecular weight is 393 g/mol. The molecule has 4 N–H and O–H groups in total. The molecule has 1 aromatic carbocycles. The van der Waals surface area contributed by atoms with Gasteiger partial charge in [-0.2, -0.15) is 0 Å². The third-order valence-corrected chi connectivity index (χ3v) is 3.41. The quantitative estimate of drug-likeness (QED) is 0.564. The molecule has 9 heteroatoms. The minimum Gasteiger partial charge on any atom is -0.461 e. The van der Waals surface area contributed by atoms with E-state index < -0.39 is 48.0 Å². The standard InChI is InChI=1S/C19H27N3O6/c1-12(16(20)24)21-17(25)14(22-18(26)28-19(2,3)4)10-15(23)27-11-13-8-6-5-7-9-13/h5-9,12,14H,10-11H2,1-4H3,(H2,20,24)(H,21,25)(H,22,26). The Hall–Kier alpha value is -3.10. The number of primary amides is 1. The van der Waals surface area contributed by atoms with Crippen molar-refractivity contribution < 1.29 is 28.7 Å². The van der Waals surface area contributed by atoms with Crippen LogP contribution in [-0.4, -0.2) is 41.6 Å². The van der Waals surface area contributed by atoms with E-state index in [0.29, 0.717) is 0 Å². The van der Waals surface area contributed by atoms with E-state index in [1.165, 1.54) is 6.92 Å². The predicted molar refractivity (Wildman–Crippen MR) is 101 cm³/mol. The summed E-state index contributed by atoms with van der Waals surface area (Å²) in [5, 5.41) is 4.66. The number of ether oxygens (including phenoxy) is 2. The van der Waals surface area contributed by atoms with Crippen LogP contribution in [0.1, 0.15) is 39.7 Å². The molecule has 0 aromatic heterocycles. The largest absolute Gasteiger partial charge is 0.461 e. The van der Waals surface area contributed by atoms with Gasteiger partial charge in [0.15, 0.2) is 0 Å². The predicted octanol–water partition coefficient (Wildman–Crippen LogP) is 1.00. The molecule has 0 bridgehead atoms. The van der Waals surface area contributed by atoms with Crippen LogP contribution in [0.4, 0.5) is 4.79 Å². The first-order valence-corrected chi connectivity index (χ1v) is 8.76. The number of hydrogen-bond donors (Lipinski definition) is 3. The Balaban J connectivity index is 2.75. The highest BCUT2D eigenvalue weighted by molar-refractivity contribution is 5.92. The molecule has 2 unspecified atom stereocenters. The molecule has 0 fully saturated rings. The van der Waals surface area contributed by atoms with E-state index in [4.69, 9.17) is 15.2 Å². The Morgan fingerprint density at radius 2 is 1.68 bits per heavy atom. The Morgan fingerprint density at radius 1 is 1.07 bits per heavy atom. The second-order valence-corrected chi connectivity index (χ2v) is 7.18. The van der Waals surface area contributed by atoms with Gasteiger partial charge in [-0.15, -0.1) is 0 Å². The summed E-state index contributed by atoms with van der Waals surface area (Å²) in [5.41, 5.74) is 5.11. The number of rotatable bonds is 8. The first-order valence-electron chi connectivity index (χ1n) is 8.76. The van der Waals surface area contributed by atoms with Crippen LogP contribution in [0.15, 0.2) is 30.3 Å². The van der Waals surface area contributed by atoms with Crippen molar-refractivity contribution in [2.24, 2.45) is 5.73 Å². The zero-order valence-electron chi connectivity index (χ0n) is 16.5. The van der Waals surface area contributed by atoms with Crippen molar-refractivity contribution in [2.75, 3.05) is 0 Å². The van der Waals surface area contributed by atoms with Crippen LogP contribution in [-0.2, 0) is 30.5 Å². The fourth-order valence-corrected chi connectivity index (χ4v) is 2.01. The summed E-state index contributed by atoms with van der Waals surface area (Å²) in [6.45, 7) is 6.39. The molecule has 0 aliphatic rings. The SMILES string of the molecule is CC(NC(=O)C(CC(=O)OCc1ccccc1)NC(=O)OC(C)(C)C)C(N)=O. The summed E-state index contributed by atoms with van der Waals surface area (Å²) < 4.78 is 10.2. The molecule has 28 heavy (non-hydrogen) atoms. The normalized spacial score (nSPS) is 13.0. The number of esters is 1. The third kappa shape index (κ3) is 9.02. The fraction of sp³-hybridized carbons (Fsp3) is 0.474. The maximum Gasteiger partial charge on any atom is 0.408 e. The maximum atomic E-state index is 12.4. The van der Waals surface area contributed by atoms with Gasteiger partial charge >= 0.3 is 12.1 Å². The van der Waals surface area contributed by atoms with Crippen LogP contribution in [0, 0.1) is 0 Å². The topological polar surface area (TPSA) is 137 Å². The van der Waals surface area contributed by atoms with Crippen LogP contribution < -0.4 is 16.4 Å². The maximum absolute atomic E-state index is 12.4. The van der Waals surface area contributed by atoms with Crippen molar-refractivity contribution in [2.45, 2.75) is 58.4 Å². The first kappa shape index (κ1) is 22.9. The van der Waals surface area contributed by atoms with E-state index in [1.54, 1.807) is 45.0 Å². The molecule has 3 amide bonds. The summed E-state index contributed by atoms with van der Waals surface area (Å²) in [7, 11) is 0. The molecule has 9 nitrogen and oxygen atoms in total. The molecule has 0 radical (unpaired) electrons. The summed E-state index contributed by atoms with van der Waals surface area (Å²) in [6, 6.07) is 6.73. The molecule has 0 saturated carbocycles. The molecule has 0 heterocycles. The van der Waals surface area contributed by atoms with E-state index in [-0.39, 0.29) is 6.61 Å². The number of amides is 3. The smallest absolute Gasteiger partial charge is 0.408 e. The molecule has 154 valence electrons. The highest BCUT2D eigenvalue weighted by Gasteiger charge is 2.28. The number of carbonyl (C=O) groups is 4. The van der Waals surface area contributed by atoms with Gasteiger partial charge in [-0.1, -0.05) is 30.3 Å². The summed E-state index contributed by atoms with van der Waals surface area (Å²) in [5.74, 6) is -2.21. The summed E-state index contributed by atoms with van der Waals surface area (Å²) in [6.07, 6.45) is -1.32. The van der Waals surface area contributed by atoms with Crippen molar-refractivity contribution in [3.63, 3.8) is 0 Å². The molecule has 0 saturated heterocycles. The van der Waals surface area contributed by atoms with Crippen LogP contribution in [0.2, 0.25) is 0 Å². The van der Waals surface area contributed by atoms with E-state index in [1.807, 2.05) is 6.07 Å². The first-order chi connectivity index (χ1) is 13.0. The zero-order valence-corrected chi connectivity index (χ0v) is 16.5. The number of carbonyl (C=O) groups excluding carboxylic acids is 4. The Labute approximate surface area is 163 Å². The zero-order chi connectivity index (χ0) is 21.3. The fourth-order valence-electron chi connectivity index (χ4n) is 2.01. The van der Waals surface area contributed by atoms with Gasteiger partial charge in [0, 0.05) is 0 Å². The van der Waals surface area contributed by atoms with Crippen LogP contribution in [0.25, 0.3) is 0 Å². The lowest BCUT2D eigenvalue weighted by Crippen LogP contribution is -2.53. The summed E-state index contributed by atoms with van der Waals surface area (Å²) >= 11 is 0. The lowest BCUT2D eigenvalue weighted by molar-refractivity contribution is -0.147. The molecule has 0 aliphatic carbocycles. The number of nitrogens with one attached hydrogen (secondary N) is 2. The average Bonchev–Trinajstić information content (AvgIpc) is 2.58. The van der Waals surface area contributed by atoms with Gasteiger partial charge in [0.05, 0.1) is 6.42 Å². The lowest BCUT2D eigenvalue weighted by atomic mass is 10.1. The van der Waals surface area contributed by atoms with Crippen molar-refractivity contribution in [3.8, 4) is 0 Å². The lowest BCUT2D eigenvalue weighted by Gasteiger charge is -2.23. The van der Waals surface area contributed by atoms with Gasteiger partial charge in [-0.25, -0.2) is 4.79 Å². The van der Waals surface area contributed by atoms with Gasteiger partial charge in [0.25, 0.3) is 0 Å². The number of benzene rings is 1. The Kier molecular flexibility index (Phi) is 8.43. The number of alkyl carbamates (subject to hydrolysis) is 1. The molecule has 1 rings (SSSR count). The minimum atomic E-state index is -1.29. The Bertz CT molecular complexity index is 699. The molecule has 0 spiro atoms. The Morgan fingerprint density at radius 3 is 2.21 bits per heavy atom. The molecule has 2 atom stereocenters. The van der Waals surface area contributed by atoms with Gasteiger partial charge in [0.2, 0.25) is 11.8 Å². The highest BCUT2D eigenvalue weighted by atomic mass is 16.6. The van der Waals surface area contributed by atoms with E-state index >= 15 is 0 Å². The molecule has 1 aromatic rings. The third-order valence-electron chi connectivity index (χ3n) is 3.41. The van der Waals surface area contributed by atoms with Crippen molar-refractivity contribution in [1.82, 2.24) is 10.6 Å². The van der Waals surface area contributed by atoms with Crippen molar-refractivity contribution in [3.05, 3.63) is 35.9 Å². The monoisotopic (exact) mass is 393 g/mol. The van der Waals surface area contributed by atoms with Crippen LogP contribution >= 0.6 is 0 Å². The summed E-state index contributed by atoms with van der Waals surface area (Å²) in [4.78, 5) is 47.7. The van der Waals surface area contributed by atoms with Crippen LogP contribution in [0.3, 0.4) is 0 Å². The van der Waals surface area contributed by atoms with Gasteiger partial charge in [-0.3, -0.25) is 14.4 Å². The second-order valence-electron chi connectivity index (χ2n) is 7.18. The second kappa shape index (κ2) is 10.3. The van der Waals surface area contributed by atoms with Gasteiger partial charge in [0.1, 0.15) is 24.3 Å². The molecular weight excluding hydrogens is 366 g/mol. The molecule has 0 aliphatic heterocycles. The van der Waals surface area contributed by atoms with E-state index in [2.05, 4.69) is 10.6 Å². The van der Waals surface area contributed by atoms with Gasteiger partial charge < -0.3 is 25.8 Å².